The molecule has 0 saturated heterocycles. The highest BCUT2D eigenvalue weighted by Gasteiger charge is 2.18. The lowest BCUT2D eigenvalue weighted by atomic mass is 10.0. The van der Waals surface area contributed by atoms with Gasteiger partial charge in [-0.15, -0.1) is 0 Å². The van der Waals surface area contributed by atoms with Crippen molar-refractivity contribution in [3.05, 3.63) is 53.9 Å². The Morgan fingerprint density at radius 2 is 1.71 bits per heavy atom. The average molecular weight is 323 g/mol. The summed E-state index contributed by atoms with van der Waals surface area (Å²) < 4.78 is 0. The number of amides is 1. The lowest BCUT2D eigenvalue weighted by Crippen LogP contribution is -2.33. The van der Waals surface area contributed by atoms with Crippen molar-refractivity contribution < 1.29 is 4.79 Å². The Kier molecular flexibility index (Phi) is 5.14. The molecule has 0 aliphatic heterocycles. The van der Waals surface area contributed by atoms with Gasteiger partial charge in [-0.1, -0.05) is 38.8 Å². The molecular weight excluding hydrogens is 298 g/mol. The monoisotopic (exact) mass is 323 g/mol. The second kappa shape index (κ2) is 7.47. The first-order valence-corrected chi connectivity index (χ1v) is 8.76. The second-order valence-corrected chi connectivity index (χ2v) is 6.79. The molecule has 1 fully saturated rings. The van der Waals surface area contributed by atoms with Crippen molar-refractivity contribution in [2.45, 2.75) is 51.5 Å². The van der Waals surface area contributed by atoms with Crippen molar-refractivity contribution in [2.24, 2.45) is 0 Å². The molecule has 0 bridgehead atoms. The van der Waals surface area contributed by atoms with Crippen molar-refractivity contribution in [1.82, 2.24) is 10.3 Å². The number of nitrogens with zero attached hydrogens (tertiary/aromatic N) is 1. The van der Waals surface area contributed by atoms with E-state index >= 15 is 0 Å². The molecule has 0 radical (unpaired) electrons. The van der Waals surface area contributed by atoms with E-state index in [2.05, 4.69) is 53.7 Å². The lowest BCUT2D eigenvalue weighted by Gasteiger charge is -2.12. The van der Waals surface area contributed by atoms with Gasteiger partial charge in [0.25, 0.3) is 5.91 Å². The molecule has 1 heterocycles. The van der Waals surface area contributed by atoms with E-state index in [0.29, 0.717) is 17.7 Å². The maximum absolute atomic E-state index is 12.2. The molecule has 126 valence electrons. The van der Waals surface area contributed by atoms with Crippen molar-refractivity contribution in [2.75, 3.05) is 5.32 Å². The SMILES string of the molecule is CC(C)c1ccc(Nc2ccc(C(=O)NC3CCCC3)nc2)cc1. The van der Waals surface area contributed by atoms with Gasteiger partial charge in [-0.2, -0.15) is 0 Å². The van der Waals surface area contributed by atoms with Gasteiger partial charge in [0.05, 0.1) is 11.9 Å². The van der Waals surface area contributed by atoms with Gasteiger partial charge >= 0.3 is 0 Å². The molecular formula is C20H25N3O. The fourth-order valence-corrected chi connectivity index (χ4v) is 3.05. The Morgan fingerprint density at radius 3 is 2.29 bits per heavy atom. The molecule has 0 spiro atoms. The maximum Gasteiger partial charge on any atom is 0.270 e. The van der Waals surface area contributed by atoms with Crippen LogP contribution in [0.5, 0.6) is 0 Å². The van der Waals surface area contributed by atoms with E-state index in [4.69, 9.17) is 0 Å². The molecule has 0 unspecified atom stereocenters. The predicted octanol–water partition coefficient (Wildman–Crippen LogP) is 4.62. The first-order valence-electron chi connectivity index (χ1n) is 8.76. The molecule has 1 aromatic heterocycles. The summed E-state index contributed by atoms with van der Waals surface area (Å²) in [5, 5.41) is 6.37. The average Bonchev–Trinajstić information content (AvgIpc) is 3.09. The van der Waals surface area contributed by atoms with Gasteiger partial charge in [-0.25, -0.2) is 4.98 Å². The topological polar surface area (TPSA) is 54.0 Å². The third-order valence-corrected chi connectivity index (χ3v) is 4.55. The van der Waals surface area contributed by atoms with Gasteiger partial charge in [0.15, 0.2) is 0 Å². The number of carbonyl (C=O) groups excluding carboxylic acids is 1. The molecule has 2 aromatic rings. The van der Waals surface area contributed by atoms with E-state index in [9.17, 15) is 4.79 Å². The minimum atomic E-state index is -0.0743. The smallest absolute Gasteiger partial charge is 0.270 e. The zero-order valence-corrected chi connectivity index (χ0v) is 14.4. The number of hydrogen-bond donors (Lipinski definition) is 2. The largest absolute Gasteiger partial charge is 0.354 e. The molecule has 1 aromatic carbocycles. The minimum Gasteiger partial charge on any atom is -0.354 e. The number of hydrogen-bond acceptors (Lipinski definition) is 3. The van der Waals surface area contributed by atoms with Crippen LogP contribution in [0.3, 0.4) is 0 Å². The summed E-state index contributed by atoms with van der Waals surface area (Å²) >= 11 is 0. The standard InChI is InChI=1S/C20H25N3O/c1-14(2)15-7-9-17(10-8-15)22-18-11-12-19(21-13-18)20(24)23-16-5-3-4-6-16/h7-14,16,22H,3-6H2,1-2H3,(H,23,24). The Hall–Kier alpha value is -2.36. The highest BCUT2D eigenvalue weighted by Crippen LogP contribution is 2.21. The minimum absolute atomic E-state index is 0.0743. The van der Waals surface area contributed by atoms with Crippen LogP contribution >= 0.6 is 0 Å². The van der Waals surface area contributed by atoms with E-state index in [1.165, 1.54) is 18.4 Å². The van der Waals surface area contributed by atoms with Crippen LogP contribution in [0, 0.1) is 0 Å². The molecule has 0 atom stereocenters. The van der Waals surface area contributed by atoms with Crippen LogP contribution in [0.25, 0.3) is 0 Å². The third kappa shape index (κ3) is 4.13. The number of anilines is 2. The Bertz CT molecular complexity index is 671. The molecule has 4 nitrogen and oxygen atoms in total. The van der Waals surface area contributed by atoms with E-state index < -0.39 is 0 Å². The van der Waals surface area contributed by atoms with E-state index in [1.54, 1.807) is 12.3 Å². The van der Waals surface area contributed by atoms with Crippen molar-refractivity contribution in [1.29, 1.82) is 0 Å². The first kappa shape index (κ1) is 16.5. The molecule has 1 saturated carbocycles. The molecule has 1 amide bonds. The molecule has 2 N–H and O–H groups in total. The van der Waals surface area contributed by atoms with Crippen LogP contribution in [-0.4, -0.2) is 16.9 Å². The maximum atomic E-state index is 12.2. The fraction of sp³-hybridized carbons (Fsp3) is 0.400. The van der Waals surface area contributed by atoms with Crippen molar-refractivity contribution in [3.8, 4) is 0 Å². The van der Waals surface area contributed by atoms with E-state index in [1.807, 2.05) is 6.07 Å². The van der Waals surface area contributed by atoms with E-state index in [-0.39, 0.29) is 5.91 Å². The van der Waals surface area contributed by atoms with Gasteiger partial charge in [-0.05, 0) is 48.6 Å². The molecule has 1 aliphatic carbocycles. The number of rotatable bonds is 5. The van der Waals surface area contributed by atoms with Gasteiger partial charge in [0.2, 0.25) is 0 Å². The molecule has 1 aliphatic rings. The quantitative estimate of drug-likeness (QED) is 0.844. The highest BCUT2D eigenvalue weighted by atomic mass is 16.1. The normalized spacial score (nSPS) is 14.8. The summed E-state index contributed by atoms with van der Waals surface area (Å²) in [6, 6.07) is 12.4. The van der Waals surface area contributed by atoms with Crippen LogP contribution in [0.1, 0.15) is 61.5 Å². The summed E-state index contributed by atoms with van der Waals surface area (Å²) in [6.45, 7) is 4.36. The van der Waals surface area contributed by atoms with Crippen LogP contribution in [-0.2, 0) is 0 Å². The number of benzene rings is 1. The summed E-state index contributed by atoms with van der Waals surface area (Å²) in [5.41, 5.74) is 3.69. The van der Waals surface area contributed by atoms with Gasteiger partial charge in [-0.3, -0.25) is 4.79 Å². The summed E-state index contributed by atoms with van der Waals surface area (Å²) in [5.74, 6) is 0.452. The van der Waals surface area contributed by atoms with Gasteiger partial charge < -0.3 is 10.6 Å². The highest BCUT2D eigenvalue weighted by molar-refractivity contribution is 5.92. The second-order valence-electron chi connectivity index (χ2n) is 6.79. The molecule has 24 heavy (non-hydrogen) atoms. The van der Waals surface area contributed by atoms with E-state index in [0.717, 1.165) is 24.2 Å². The van der Waals surface area contributed by atoms with Crippen LogP contribution in [0.15, 0.2) is 42.6 Å². The van der Waals surface area contributed by atoms with Crippen LogP contribution in [0.2, 0.25) is 0 Å². The van der Waals surface area contributed by atoms with Crippen LogP contribution in [0.4, 0.5) is 11.4 Å². The Morgan fingerprint density at radius 1 is 1.04 bits per heavy atom. The van der Waals surface area contributed by atoms with Crippen molar-refractivity contribution >= 4 is 17.3 Å². The Labute approximate surface area is 143 Å². The summed E-state index contributed by atoms with van der Waals surface area (Å²) in [4.78, 5) is 16.5. The first-order chi connectivity index (χ1) is 11.6. The van der Waals surface area contributed by atoms with Gasteiger partial charge in [0, 0.05) is 11.7 Å². The molecule has 4 heteroatoms. The van der Waals surface area contributed by atoms with Gasteiger partial charge in [0.1, 0.15) is 5.69 Å². The summed E-state index contributed by atoms with van der Waals surface area (Å²) in [7, 11) is 0. The zero-order chi connectivity index (χ0) is 16.9. The lowest BCUT2D eigenvalue weighted by molar-refractivity contribution is 0.0933. The summed E-state index contributed by atoms with van der Waals surface area (Å²) in [6.07, 6.45) is 6.28. The number of aromatic nitrogens is 1. The number of nitrogens with one attached hydrogen (secondary N) is 2. The van der Waals surface area contributed by atoms with Crippen molar-refractivity contribution in [3.63, 3.8) is 0 Å². The molecule has 3 rings (SSSR count). The third-order valence-electron chi connectivity index (χ3n) is 4.55. The number of carbonyl (C=O) groups is 1. The Balaban J connectivity index is 1.60. The zero-order valence-electron chi connectivity index (χ0n) is 14.4. The van der Waals surface area contributed by atoms with Crippen LogP contribution < -0.4 is 10.6 Å². The number of pyridine rings is 1. The fourth-order valence-electron chi connectivity index (χ4n) is 3.05. The predicted molar refractivity (Wildman–Crippen MR) is 97.8 cm³/mol.